The van der Waals surface area contributed by atoms with Crippen LogP contribution in [-0.2, 0) is 4.74 Å². The van der Waals surface area contributed by atoms with Gasteiger partial charge in [0.25, 0.3) is 0 Å². The number of benzene rings is 1. The minimum absolute atomic E-state index is 0.297. The van der Waals surface area contributed by atoms with Crippen molar-refractivity contribution in [3.05, 3.63) is 29.7 Å². The van der Waals surface area contributed by atoms with Gasteiger partial charge in [0.2, 0.25) is 0 Å². The zero-order valence-corrected chi connectivity index (χ0v) is 13.4. The summed E-state index contributed by atoms with van der Waals surface area (Å²) in [5.74, 6) is 0.0538. The Labute approximate surface area is 134 Å². The molecule has 0 aliphatic carbocycles. The molecule has 0 amide bonds. The quantitative estimate of drug-likeness (QED) is 0.806. The summed E-state index contributed by atoms with van der Waals surface area (Å²) >= 11 is 5.19. The van der Waals surface area contributed by atoms with Gasteiger partial charge in [-0.3, -0.25) is 4.90 Å². The molecule has 6 heteroatoms. The Hall–Kier alpha value is -1.53. The van der Waals surface area contributed by atoms with Crippen molar-refractivity contribution in [3.8, 4) is 0 Å². The Bertz CT molecular complexity index is 665. The van der Waals surface area contributed by atoms with Gasteiger partial charge < -0.3 is 9.26 Å². The van der Waals surface area contributed by atoms with E-state index in [9.17, 15) is 4.39 Å². The maximum atomic E-state index is 13.2. The second-order valence-corrected chi connectivity index (χ2v) is 6.02. The molecule has 0 radical (unpaired) electrons. The Kier molecular flexibility index (Phi) is 4.69. The van der Waals surface area contributed by atoms with Crippen LogP contribution in [0.2, 0.25) is 0 Å². The lowest BCUT2D eigenvalue weighted by Gasteiger charge is -2.30. The van der Waals surface area contributed by atoms with E-state index >= 15 is 0 Å². The van der Waals surface area contributed by atoms with Crippen molar-refractivity contribution < 1.29 is 13.7 Å². The number of aromatic nitrogens is 1. The smallest absolute Gasteiger partial charge is 0.173 e. The minimum atomic E-state index is -0.297. The predicted octanol–water partition coefficient (Wildman–Crippen LogP) is 3.51. The predicted molar refractivity (Wildman–Crippen MR) is 86.6 cm³/mol. The molecule has 0 unspecified atom stereocenters. The summed E-state index contributed by atoms with van der Waals surface area (Å²) < 4.78 is 23.8. The first-order valence-corrected chi connectivity index (χ1v) is 8.01. The van der Waals surface area contributed by atoms with Gasteiger partial charge in [-0.15, -0.1) is 0 Å². The molecule has 4 nitrogen and oxygen atoms in total. The zero-order valence-electron chi connectivity index (χ0n) is 12.5. The van der Waals surface area contributed by atoms with E-state index in [1.807, 2.05) is 6.92 Å². The molecule has 1 aliphatic rings. The highest BCUT2D eigenvalue weighted by Crippen LogP contribution is 2.32. The molecule has 0 spiro atoms. The second-order valence-electron chi connectivity index (χ2n) is 5.56. The lowest BCUT2D eigenvalue weighted by atomic mass is 9.91. The molecule has 2 heterocycles. The van der Waals surface area contributed by atoms with Crippen molar-refractivity contribution in [2.75, 3.05) is 26.2 Å². The van der Waals surface area contributed by atoms with Gasteiger partial charge in [-0.05, 0) is 57.2 Å². The van der Waals surface area contributed by atoms with Crippen LogP contribution in [0.5, 0.6) is 0 Å². The number of halogens is 1. The lowest BCUT2D eigenvalue weighted by molar-refractivity contribution is 0.217. The standard InChI is InChI=1S/C16H19FN2O2S/c1-2-20-15(22)10-19-7-5-11(6-8-19)16-13-4-3-12(17)9-14(13)21-18-16/h3-4,9,11H,2,5-8,10H2,1H3. The fourth-order valence-electron chi connectivity index (χ4n) is 2.98. The minimum Gasteiger partial charge on any atom is -0.486 e. The summed E-state index contributed by atoms with van der Waals surface area (Å²) in [5, 5.41) is 5.74. The number of thiocarbonyl (C=S) groups is 1. The molecule has 1 aromatic carbocycles. The fourth-order valence-corrected chi connectivity index (χ4v) is 3.28. The highest BCUT2D eigenvalue weighted by Gasteiger charge is 2.25. The third kappa shape index (κ3) is 3.28. The summed E-state index contributed by atoms with van der Waals surface area (Å²) in [4.78, 5) is 2.30. The number of hydrogen-bond donors (Lipinski definition) is 0. The van der Waals surface area contributed by atoms with Gasteiger partial charge in [-0.2, -0.15) is 0 Å². The normalized spacial score (nSPS) is 17.0. The first kappa shape index (κ1) is 15.4. The van der Waals surface area contributed by atoms with Gasteiger partial charge in [-0.1, -0.05) is 5.16 Å². The first-order chi connectivity index (χ1) is 10.7. The molecular formula is C16H19FN2O2S. The summed E-state index contributed by atoms with van der Waals surface area (Å²) in [6.45, 7) is 5.18. The van der Waals surface area contributed by atoms with E-state index in [0.717, 1.165) is 37.0 Å². The molecule has 1 aliphatic heterocycles. The molecular weight excluding hydrogens is 303 g/mol. The van der Waals surface area contributed by atoms with Crippen molar-refractivity contribution in [2.45, 2.75) is 25.7 Å². The molecule has 3 rings (SSSR count). The molecule has 1 saturated heterocycles. The average Bonchev–Trinajstić information content (AvgIpc) is 2.91. The van der Waals surface area contributed by atoms with E-state index in [-0.39, 0.29) is 5.82 Å². The molecule has 0 bridgehead atoms. The molecule has 118 valence electrons. The third-order valence-electron chi connectivity index (χ3n) is 4.09. The Morgan fingerprint density at radius 3 is 2.95 bits per heavy atom. The highest BCUT2D eigenvalue weighted by atomic mass is 32.1. The summed E-state index contributed by atoms with van der Waals surface area (Å²) in [7, 11) is 0. The Morgan fingerprint density at radius 1 is 1.45 bits per heavy atom. The maximum absolute atomic E-state index is 13.2. The van der Waals surface area contributed by atoms with Gasteiger partial charge in [-0.25, -0.2) is 4.39 Å². The van der Waals surface area contributed by atoms with Crippen molar-refractivity contribution >= 4 is 28.2 Å². The van der Waals surface area contributed by atoms with Crippen molar-refractivity contribution in [1.29, 1.82) is 0 Å². The van der Waals surface area contributed by atoms with Crippen molar-refractivity contribution in [3.63, 3.8) is 0 Å². The number of fused-ring (bicyclic) bond motifs is 1. The zero-order chi connectivity index (χ0) is 15.5. The third-order valence-corrected chi connectivity index (χ3v) is 4.34. The van der Waals surface area contributed by atoms with Crippen LogP contribution in [0.1, 0.15) is 31.4 Å². The van der Waals surface area contributed by atoms with E-state index in [4.69, 9.17) is 21.5 Å². The van der Waals surface area contributed by atoms with Crippen LogP contribution in [0.4, 0.5) is 4.39 Å². The number of rotatable bonds is 4. The Balaban J connectivity index is 1.64. The van der Waals surface area contributed by atoms with E-state index in [1.54, 1.807) is 6.07 Å². The largest absolute Gasteiger partial charge is 0.486 e. The number of likely N-dealkylation sites (tertiary alicyclic amines) is 1. The van der Waals surface area contributed by atoms with Gasteiger partial charge in [0.05, 0.1) is 18.8 Å². The van der Waals surface area contributed by atoms with Crippen LogP contribution < -0.4 is 0 Å². The van der Waals surface area contributed by atoms with Gasteiger partial charge in [0, 0.05) is 17.4 Å². The molecule has 0 N–H and O–H groups in total. The van der Waals surface area contributed by atoms with Crippen LogP contribution >= 0.6 is 12.2 Å². The highest BCUT2D eigenvalue weighted by molar-refractivity contribution is 7.80. The van der Waals surface area contributed by atoms with Crippen LogP contribution in [0.25, 0.3) is 11.0 Å². The van der Waals surface area contributed by atoms with Crippen LogP contribution in [0.15, 0.2) is 22.7 Å². The van der Waals surface area contributed by atoms with E-state index < -0.39 is 0 Å². The molecule has 0 saturated carbocycles. The average molecular weight is 322 g/mol. The number of nitrogens with zero attached hydrogens (tertiary/aromatic N) is 2. The SMILES string of the molecule is CCOC(=S)CN1CCC(c2noc3cc(F)ccc23)CC1. The molecule has 22 heavy (non-hydrogen) atoms. The summed E-state index contributed by atoms with van der Waals surface area (Å²) in [6.07, 6.45) is 1.99. The van der Waals surface area contributed by atoms with Gasteiger partial charge in [0.1, 0.15) is 5.82 Å². The van der Waals surface area contributed by atoms with Gasteiger partial charge in [0.15, 0.2) is 10.6 Å². The van der Waals surface area contributed by atoms with Crippen molar-refractivity contribution in [1.82, 2.24) is 10.1 Å². The molecule has 1 fully saturated rings. The second kappa shape index (κ2) is 6.71. The molecule has 0 atom stereocenters. The summed E-state index contributed by atoms with van der Waals surface area (Å²) in [6, 6.07) is 4.60. The lowest BCUT2D eigenvalue weighted by Crippen LogP contribution is -2.37. The van der Waals surface area contributed by atoms with Crippen LogP contribution in [-0.4, -0.2) is 41.3 Å². The Morgan fingerprint density at radius 2 is 2.23 bits per heavy atom. The number of piperidine rings is 1. The fraction of sp³-hybridized carbons (Fsp3) is 0.500. The topological polar surface area (TPSA) is 38.5 Å². The molecule has 2 aromatic rings. The van der Waals surface area contributed by atoms with Crippen LogP contribution in [0, 0.1) is 5.82 Å². The van der Waals surface area contributed by atoms with Crippen LogP contribution in [0.3, 0.4) is 0 Å². The summed E-state index contributed by atoms with van der Waals surface area (Å²) in [5.41, 5.74) is 1.47. The van der Waals surface area contributed by atoms with Gasteiger partial charge >= 0.3 is 0 Å². The number of hydrogen-bond acceptors (Lipinski definition) is 5. The maximum Gasteiger partial charge on any atom is 0.173 e. The van der Waals surface area contributed by atoms with E-state index in [2.05, 4.69) is 10.1 Å². The number of ether oxygens (including phenoxy) is 1. The van der Waals surface area contributed by atoms with E-state index in [0.29, 0.717) is 29.7 Å². The van der Waals surface area contributed by atoms with E-state index in [1.165, 1.54) is 12.1 Å². The molecule has 1 aromatic heterocycles. The monoisotopic (exact) mass is 322 g/mol. The van der Waals surface area contributed by atoms with Crippen molar-refractivity contribution in [2.24, 2.45) is 0 Å². The first-order valence-electron chi connectivity index (χ1n) is 7.60.